The molecule has 0 radical (unpaired) electrons. The lowest BCUT2D eigenvalue weighted by atomic mass is 9.79. The van der Waals surface area contributed by atoms with Gasteiger partial charge in [-0.2, -0.15) is 0 Å². The molecule has 2 heterocycles. The van der Waals surface area contributed by atoms with Crippen LogP contribution in [0.3, 0.4) is 0 Å². The molecular formula is C17H24N2O3. The molecule has 2 aliphatic rings. The van der Waals surface area contributed by atoms with E-state index in [1.807, 2.05) is 11.8 Å². The number of piperidine rings is 1. The Labute approximate surface area is 130 Å². The third-order valence-electron chi connectivity index (χ3n) is 5.10. The summed E-state index contributed by atoms with van der Waals surface area (Å²) in [6.07, 6.45) is 2.88. The Hall–Kier alpha value is -1.62. The van der Waals surface area contributed by atoms with Crippen molar-refractivity contribution >= 4 is 11.7 Å². The number of likely N-dealkylation sites (tertiary alicyclic amines) is 1. The lowest BCUT2D eigenvalue weighted by Gasteiger charge is -2.42. The number of fused-ring (bicyclic) bond motifs is 1. The third kappa shape index (κ3) is 2.37. The van der Waals surface area contributed by atoms with E-state index in [0.29, 0.717) is 42.2 Å². The van der Waals surface area contributed by atoms with Gasteiger partial charge in [0.1, 0.15) is 5.76 Å². The highest BCUT2D eigenvalue weighted by molar-refractivity contribution is 6.03. The van der Waals surface area contributed by atoms with Crippen LogP contribution in [0.4, 0.5) is 0 Å². The molecule has 22 heavy (non-hydrogen) atoms. The average Bonchev–Trinajstić information content (AvgIpc) is 2.79. The fraction of sp³-hybridized carbons (Fsp3) is 0.647. The van der Waals surface area contributed by atoms with Crippen LogP contribution in [0, 0.1) is 12.3 Å². The number of rotatable bonds is 1. The molecule has 5 heteroatoms. The monoisotopic (exact) mass is 304 g/mol. The molecule has 0 bridgehead atoms. The summed E-state index contributed by atoms with van der Waals surface area (Å²) >= 11 is 0. The summed E-state index contributed by atoms with van der Waals surface area (Å²) < 4.78 is 5.77. The number of Topliss-reactive ketones (excluding diaryl/α,β-unsaturated/α-hetero) is 1. The summed E-state index contributed by atoms with van der Waals surface area (Å²) in [7, 11) is 0. The Kier molecular flexibility index (Phi) is 3.63. The highest BCUT2D eigenvalue weighted by atomic mass is 16.4. The minimum atomic E-state index is -0.111. The van der Waals surface area contributed by atoms with Crippen molar-refractivity contribution in [2.45, 2.75) is 52.5 Å². The van der Waals surface area contributed by atoms with Gasteiger partial charge in [0.25, 0.3) is 5.91 Å². The number of nitrogens with two attached hydrogens (primary N) is 1. The van der Waals surface area contributed by atoms with E-state index >= 15 is 0 Å². The minimum absolute atomic E-state index is 0.0996. The molecule has 1 amide bonds. The van der Waals surface area contributed by atoms with Crippen molar-refractivity contribution in [1.29, 1.82) is 0 Å². The zero-order chi connectivity index (χ0) is 16.1. The molecule has 1 aromatic rings. The Bertz CT molecular complexity index is 630. The predicted molar refractivity (Wildman–Crippen MR) is 83.0 cm³/mol. The zero-order valence-corrected chi connectivity index (χ0v) is 13.6. The van der Waals surface area contributed by atoms with Crippen LogP contribution in [-0.2, 0) is 6.42 Å². The van der Waals surface area contributed by atoms with Crippen molar-refractivity contribution in [3.63, 3.8) is 0 Å². The summed E-state index contributed by atoms with van der Waals surface area (Å²) in [5, 5.41) is 0. The number of carbonyl (C=O) groups excluding carboxylic acids is 2. The average molecular weight is 304 g/mol. The fourth-order valence-electron chi connectivity index (χ4n) is 3.54. The summed E-state index contributed by atoms with van der Waals surface area (Å²) in [6.45, 7) is 7.24. The van der Waals surface area contributed by atoms with Crippen molar-refractivity contribution in [3.8, 4) is 0 Å². The first-order valence-electron chi connectivity index (χ1n) is 8.01. The van der Waals surface area contributed by atoms with Gasteiger partial charge < -0.3 is 15.1 Å². The maximum atomic E-state index is 12.8. The lowest BCUT2D eigenvalue weighted by molar-refractivity contribution is 0.0500. The topological polar surface area (TPSA) is 76.5 Å². The van der Waals surface area contributed by atoms with E-state index in [9.17, 15) is 9.59 Å². The first-order chi connectivity index (χ1) is 10.3. The first-order valence-corrected chi connectivity index (χ1v) is 8.01. The van der Waals surface area contributed by atoms with Gasteiger partial charge in [-0.25, -0.2) is 0 Å². The molecule has 120 valence electrons. The van der Waals surface area contributed by atoms with Crippen LogP contribution < -0.4 is 5.73 Å². The van der Waals surface area contributed by atoms with E-state index in [-0.39, 0.29) is 23.1 Å². The molecule has 2 N–H and O–H groups in total. The van der Waals surface area contributed by atoms with Crippen LogP contribution >= 0.6 is 0 Å². The van der Waals surface area contributed by atoms with Gasteiger partial charge >= 0.3 is 0 Å². The fourth-order valence-corrected chi connectivity index (χ4v) is 3.54. The predicted octanol–water partition coefficient (Wildman–Crippen LogP) is 2.31. The van der Waals surface area contributed by atoms with Crippen LogP contribution in [0.2, 0.25) is 0 Å². The number of carbonyl (C=O) groups is 2. The molecule has 1 unspecified atom stereocenters. The Balaban J connectivity index is 1.89. The van der Waals surface area contributed by atoms with Gasteiger partial charge in [0.2, 0.25) is 0 Å². The number of furan rings is 1. The van der Waals surface area contributed by atoms with Gasteiger partial charge in [-0.05, 0) is 25.2 Å². The second-order valence-corrected chi connectivity index (χ2v) is 7.24. The summed E-state index contributed by atoms with van der Waals surface area (Å²) in [5.41, 5.74) is 7.38. The number of amides is 1. The normalized spacial score (nSPS) is 24.3. The minimum Gasteiger partial charge on any atom is -0.455 e. The van der Waals surface area contributed by atoms with E-state index < -0.39 is 0 Å². The highest BCUT2D eigenvalue weighted by Crippen LogP contribution is 2.32. The van der Waals surface area contributed by atoms with Crippen molar-refractivity contribution in [2.75, 3.05) is 13.1 Å². The van der Waals surface area contributed by atoms with Gasteiger partial charge in [0, 0.05) is 37.5 Å². The quantitative estimate of drug-likeness (QED) is 0.863. The Morgan fingerprint density at radius 3 is 2.73 bits per heavy atom. The molecule has 0 saturated carbocycles. The number of aryl methyl sites for hydroxylation is 1. The number of ketones is 1. The molecule has 1 atom stereocenters. The Morgan fingerprint density at radius 2 is 2.09 bits per heavy atom. The van der Waals surface area contributed by atoms with Gasteiger partial charge in [0.15, 0.2) is 11.5 Å². The molecule has 3 rings (SSSR count). The smallest absolute Gasteiger partial charge is 0.289 e. The van der Waals surface area contributed by atoms with E-state index in [1.54, 1.807) is 0 Å². The van der Waals surface area contributed by atoms with Crippen LogP contribution in [0.15, 0.2) is 4.42 Å². The second-order valence-electron chi connectivity index (χ2n) is 7.24. The number of nitrogens with zero attached hydrogens (tertiary/aromatic N) is 1. The zero-order valence-electron chi connectivity index (χ0n) is 13.6. The lowest BCUT2D eigenvalue weighted by Crippen LogP contribution is -2.54. The molecule has 1 fully saturated rings. The largest absolute Gasteiger partial charge is 0.455 e. The first kappa shape index (κ1) is 15.3. The van der Waals surface area contributed by atoms with E-state index in [2.05, 4.69) is 13.8 Å². The van der Waals surface area contributed by atoms with Gasteiger partial charge in [-0.3, -0.25) is 9.59 Å². The van der Waals surface area contributed by atoms with Crippen LogP contribution in [0.25, 0.3) is 0 Å². The Morgan fingerprint density at radius 1 is 1.36 bits per heavy atom. The van der Waals surface area contributed by atoms with Gasteiger partial charge in [-0.1, -0.05) is 13.8 Å². The van der Waals surface area contributed by atoms with Crippen molar-refractivity contribution in [1.82, 2.24) is 4.90 Å². The van der Waals surface area contributed by atoms with Gasteiger partial charge in [-0.15, -0.1) is 0 Å². The molecule has 5 nitrogen and oxygen atoms in total. The third-order valence-corrected chi connectivity index (χ3v) is 5.10. The van der Waals surface area contributed by atoms with E-state index in [1.165, 1.54) is 0 Å². The van der Waals surface area contributed by atoms with E-state index in [0.717, 1.165) is 19.3 Å². The summed E-state index contributed by atoms with van der Waals surface area (Å²) in [6, 6.07) is 0.101. The molecule has 1 aliphatic carbocycles. The number of hydrogen-bond donors (Lipinski definition) is 1. The molecule has 1 aromatic heterocycles. The number of hydrogen-bond acceptors (Lipinski definition) is 4. The van der Waals surface area contributed by atoms with Gasteiger partial charge in [0.05, 0.1) is 5.56 Å². The highest BCUT2D eigenvalue weighted by Gasteiger charge is 2.38. The molecule has 0 spiro atoms. The van der Waals surface area contributed by atoms with Crippen molar-refractivity contribution in [2.24, 2.45) is 11.1 Å². The maximum absolute atomic E-state index is 12.8. The second kappa shape index (κ2) is 5.23. The molecule has 1 aliphatic heterocycles. The summed E-state index contributed by atoms with van der Waals surface area (Å²) in [4.78, 5) is 26.7. The summed E-state index contributed by atoms with van der Waals surface area (Å²) in [5.74, 6) is 1.01. The molecular weight excluding hydrogens is 280 g/mol. The standard InChI is InChI=1S/C17H24N2O3/c1-10-14-11(20)5-4-6-12(14)22-15(10)16(21)19-8-7-13(18)17(2,3)9-19/h13H,4-9,18H2,1-3H3. The maximum Gasteiger partial charge on any atom is 0.289 e. The van der Waals surface area contributed by atoms with Crippen molar-refractivity contribution < 1.29 is 14.0 Å². The van der Waals surface area contributed by atoms with Crippen LogP contribution in [-0.4, -0.2) is 35.7 Å². The van der Waals surface area contributed by atoms with E-state index in [4.69, 9.17) is 10.2 Å². The molecule has 0 aromatic carbocycles. The van der Waals surface area contributed by atoms with Crippen LogP contribution in [0.1, 0.15) is 65.3 Å². The molecule has 1 saturated heterocycles. The van der Waals surface area contributed by atoms with Crippen molar-refractivity contribution in [3.05, 3.63) is 22.6 Å². The SMILES string of the molecule is Cc1c(C(=O)N2CCC(N)C(C)(C)C2)oc2c1C(=O)CCC2. The van der Waals surface area contributed by atoms with Crippen LogP contribution in [0.5, 0.6) is 0 Å².